The third-order valence-electron chi connectivity index (χ3n) is 3.64. The number of carbonyl (C=O) groups is 1. The van der Waals surface area contributed by atoms with E-state index in [9.17, 15) is 33.2 Å². The summed E-state index contributed by atoms with van der Waals surface area (Å²) in [6, 6.07) is 5.03. The fourth-order valence-electron chi connectivity index (χ4n) is 2.31. The Morgan fingerprint density at radius 1 is 1.26 bits per heavy atom. The number of aromatic nitrogens is 3. The molecule has 0 atom stereocenters. The number of hydrogen-bond acceptors (Lipinski definition) is 6. The van der Waals surface area contributed by atoms with E-state index in [0.717, 1.165) is 40.9 Å². The van der Waals surface area contributed by atoms with Crippen LogP contribution in [0.2, 0.25) is 0 Å². The Balaban J connectivity index is 1.79. The number of nitrogens with zero attached hydrogens (tertiary/aromatic N) is 4. The maximum Gasteiger partial charge on any atom is 0.417 e. The molecule has 0 aliphatic rings. The maximum atomic E-state index is 12.8. The molecule has 1 aromatic carbocycles. The smallest absolute Gasteiger partial charge is 0.417 e. The van der Waals surface area contributed by atoms with Crippen molar-refractivity contribution in [3.8, 4) is 5.75 Å². The zero-order valence-corrected chi connectivity index (χ0v) is 13.3. The quantitative estimate of drug-likeness (QED) is 0.528. The third-order valence-corrected chi connectivity index (χ3v) is 3.64. The Hall–Kier alpha value is -3.70. The number of nitrogens with one attached hydrogen (secondary N) is 1. The van der Waals surface area contributed by atoms with Gasteiger partial charge in [0.05, 0.1) is 17.0 Å². The first-order chi connectivity index (χ1) is 12.7. The van der Waals surface area contributed by atoms with Crippen molar-refractivity contribution in [1.29, 1.82) is 0 Å². The van der Waals surface area contributed by atoms with Crippen LogP contribution in [0.5, 0.6) is 5.75 Å². The summed E-state index contributed by atoms with van der Waals surface area (Å²) in [5, 5.41) is 30.1. The van der Waals surface area contributed by atoms with Crippen LogP contribution in [0.25, 0.3) is 5.65 Å². The van der Waals surface area contributed by atoms with E-state index in [1.807, 2.05) is 0 Å². The molecule has 0 unspecified atom stereocenters. The zero-order valence-electron chi connectivity index (χ0n) is 13.3. The number of phenolic OH excluding ortho intramolecular Hbond substituents is 1. The minimum atomic E-state index is -4.55. The van der Waals surface area contributed by atoms with E-state index in [0.29, 0.717) is 0 Å². The standard InChI is InChI=1S/C15H10F3N5O4/c16-15(17,18)9-2-4-12-20-21-13(22(12)7-9)6-19-14(25)8-1-3-10(23(26)27)11(24)5-8/h1-5,7,24H,6H2,(H,19,25). The van der Waals surface area contributed by atoms with Crippen LogP contribution in [0.4, 0.5) is 18.9 Å². The van der Waals surface area contributed by atoms with E-state index >= 15 is 0 Å². The number of amides is 1. The van der Waals surface area contributed by atoms with Crippen LogP contribution in [0.3, 0.4) is 0 Å². The molecule has 2 aromatic heterocycles. The van der Waals surface area contributed by atoms with Gasteiger partial charge in [0.15, 0.2) is 17.2 Å². The molecule has 140 valence electrons. The van der Waals surface area contributed by atoms with Crippen LogP contribution < -0.4 is 5.32 Å². The zero-order chi connectivity index (χ0) is 19.8. The summed E-state index contributed by atoms with van der Waals surface area (Å²) >= 11 is 0. The minimum Gasteiger partial charge on any atom is -0.502 e. The highest BCUT2D eigenvalue weighted by Gasteiger charge is 2.31. The first-order valence-electron chi connectivity index (χ1n) is 7.33. The summed E-state index contributed by atoms with van der Waals surface area (Å²) < 4.78 is 39.6. The van der Waals surface area contributed by atoms with Gasteiger partial charge < -0.3 is 10.4 Å². The molecule has 0 aliphatic carbocycles. The number of halogens is 3. The molecule has 2 N–H and O–H groups in total. The number of aromatic hydroxyl groups is 1. The summed E-state index contributed by atoms with van der Waals surface area (Å²) in [5.74, 6) is -1.34. The number of alkyl halides is 3. The number of hydrogen-bond donors (Lipinski definition) is 2. The van der Waals surface area contributed by atoms with Gasteiger partial charge in [-0.1, -0.05) is 0 Å². The minimum absolute atomic E-state index is 0.0515. The molecule has 3 aromatic rings. The topological polar surface area (TPSA) is 123 Å². The molecule has 12 heteroatoms. The van der Waals surface area contributed by atoms with Gasteiger partial charge in [-0.15, -0.1) is 10.2 Å². The van der Waals surface area contributed by atoms with Crippen LogP contribution in [0.15, 0.2) is 36.5 Å². The van der Waals surface area contributed by atoms with Gasteiger partial charge in [0.1, 0.15) is 0 Å². The predicted octanol–water partition coefficient (Wildman–Crippen LogP) is 2.29. The number of pyridine rings is 1. The summed E-state index contributed by atoms with van der Waals surface area (Å²) in [4.78, 5) is 22.0. The number of phenols is 1. The van der Waals surface area contributed by atoms with Crippen molar-refractivity contribution in [2.75, 3.05) is 0 Å². The first-order valence-corrected chi connectivity index (χ1v) is 7.33. The van der Waals surface area contributed by atoms with Gasteiger partial charge >= 0.3 is 11.9 Å². The van der Waals surface area contributed by atoms with Crippen molar-refractivity contribution in [3.63, 3.8) is 0 Å². The number of fused-ring (bicyclic) bond motifs is 1. The van der Waals surface area contributed by atoms with Crippen molar-refractivity contribution in [1.82, 2.24) is 19.9 Å². The first kappa shape index (κ1) is 18.1. The second kappa shape index (κ2) is 6.55. The van der Waals surface area contributed by atoms with Gasteiger partial charge in [0.2, 0.25) is 0 Å². The van der Waals surface area contributed by atoms with Crippen LogP contribution >= 0.6 is 0 Å². The number of carbonyl (C=O) groups excluding carboxylic acids is 1. The Kier molecular flexibility index (Phi) is 4.39. The van der Waals surface area contributed by atoms with Gasteiger partial charge in [-0.05, 0) is 24.3 Å². The lowest BCUT2D eigenvalue weighted by atomic mass is 10.2. The highest BCUT2D eigenvalue weighted by Crippen LogP contribution is 2.29. The van der Waals surface area contributed by atoms with Crippen molar-refractivity contribution in [2.24, 2.45) is 0 Å². The van der Waals surface area contributed by atoms with Gasteiger partial charge in [0, 0.05) is 17.8 Å². The molecule has 0 fully saturated rings. The number of rotatable bonds is 4. The predicted molar refractivity (Wildman–Crippen MR) is 83.9 cm³/mol. The van der Waals surface area contributed by atoms with Crippen molar-refractivity contribution >= 4 is 17.2 Å². The lowest BCUT2D eigenvalue weighted by Crippen LogP contribution is -2.24. The normalized spacial score (nSPS) is 11.5. The number of benzene rings is 1. The monoisotopic (exact) mass is 381 g/mol. The average molecular weight is 381 g/mol. The third kappa shape index (κ3) is 3.63. The number of nitro groups is 1. The molecule has 0 saturated heterocycles. The Labute approximate surface area is 148 Å². The average Bonchev–Trinajstić information content (AvgIpc) is 3.00. The highest BCUT2D eigenvalue weighted by molar-refractivity contribution is 5.94. The van der Waals surface area contributed by atoms with Gasteiger partial charge in [0.25, 0.3) is 5.91 Å². The summed E-state index contributed by atoms with van der Waals surface area (Å²) in [6.45, 7) is -0.251. The van der Waals surface area contributed by atoms with E-state index in [4.69, 9.17) is 0 Å². The van der Waals surface area contributed by atoms with Crippen LogP contribution in [0.1, 0.15) is 21.7 Å². The Morgan fingerprint density at radius 2 is 2.00 bits per heavy atom. The second-order valence-electron chi connectivity index (χ2n) is 5.40. The van der Waals surface area contributed by atoms with Crippen LogP contribution in [0, 0.1) is 10.1 Å². The maximum absolute atomic E-state index is 12.8. The lowest BCUT2D eigenvalue weighted by molar-refractivity contribution is -0.385. The molecule has 0 radical (unpaired) electrons. The summed E-state index contributed by atoms with van der Waals surface area (Å²) in [6.07, 6.45) is -3.73. The Bertz CT molecular complexity index is 1050. The molecule has 3 rings (SSSR count). The van der Waals surface area contributed by atoms with Gasteiger partial charge in [-0.3, -0.25) is 19.3 Å². The molecule has 0 bridgehead atoms. The van der Waals surface area contributed by atoms with Crippen molar-refractivity contribution in [3.05, 3.63) is 63.6 Å². The van der Waals surface area contributed by atoms with Crippen LogP contribution in [-0.2, 0) is 12.7 Å². The summed E-state index contributed by atoms with van der Waals surface area (Å²) in [5.41, 5.74) is -1.36. The molecular weight excluding hydrogens is 371 g/mol. The molecule has 0 saturated carbocycles. The van der Waals surface area contributed by atoms with Crippen molar-refractivity contribution in [2.45, 2.75) is 12.7 Å². The molecule has 0 spiro atoms. The molecule has 0 aliphatic heterocycles. The van der Waals surface area contributed by atoms with Crippen molar-refractivity contribution < 1.29 is 28.0 Å². The molecular formula is C15H10F3N5O4. The molecule has 2 heterocycles. The largest absolute Gasteiger partial charge is 0.502 e. The molecule has 1 amide bonds. The van der Waals surface area contributed by atoms with E-state index in [-0.39, 0.29) is 23.6 Å². The van der Waals surface area contributed by atoms with E-state index in [1.54, 1.807) is 0 Å². The van der Waals surface area contributed by atoms with Gasteiger partial charge in [-0.2, -0.15) is 13.2 Å². The van der Waals surface area contributed by atoms with E-state index in [2.05, 4.69) is 15.5 Å². The van der Waals surface area contributed by atoms with Gasteiger partial charge in [-0.25, -0.2) is 0 Å². The molecule has 9 nitrogen and oxygen atoms in total. The van der Waals surface area contributed by atoms with E-state index < -0.39 is 34.0 Å². The van der Waals surface area contributed by atoms with Crippen LogP contribution in [-0.4, -0.2) is 30.5 Å². The highest BCUT2D eigenvalue weighted by atomic mass is 19.4. The summed E-state index contributed by atoms with van der Waals surface area (Å²) in [7, 11) is 0. The fourth-order valence-corrected chi connectivity index (χ4v) is 2.31. The second-order valence-corrected chi connectivity index (χ2v) is 5.40. The SMILES string of the molecule is O=C(NCc1nnc2ccc(C(F)(F)F)cn12)c1ccc([N+](=O)[O-])c(O)c1. The number of nitro benzene ring substituents is 1. The van der Waals surface area contributed by atoms with E-state index in [1.165, 1.54) is 0 Å². The fraction of sp³-hybridized carbons (Fsp3) is 0.133. The molecule has 27 heavy (non-hydrogen) atoms. The Morgan fingerprint density at radius 3 is 2.63 bits per heavy atom. The lowest BCUT2D eigenvalue weighted by Gasteiger charge is -2.08.